The molecule has 0 saturated heterocycles. The van der Waals surface area contributed by atoms with Crippen molar-refractivity contribution in [1.29, 1.82) is 0 Å². The van der Waals surface area contributed by atoms with Gasteiger partial charge in [-0.15, -0.1) is 0 Å². The average molecular weight is 2000 g/mol. The molecule has 0 aliphatic carbocycles. The summed E-state index contributed by atoms with van der Waals surface area (Å²) >= 11 is 0. The van der Waals surface area contributed by atoms with E-state index in [4.69, 9.17) is 35.0 Å². The molecule has 0 amide bonds. The second-order valence-corrected chi connectivity index (χ2v) is 37.3. The highest BCUT2D eigenvalue weighted by Crippen LogP contribution is 2.29. The highest BCUT2D eigenvalue weighted by molar-refractivity contribution is 5.94. The van der Waals surface area contributed by atoms with Gasteiger partial charge >= 0.3 is 35.8 Å². The monoisotopic (exact) mass is 2000 g/mol. The number of carboxylic acid groups (broad SMARTS) is 6. The maximum absolute atomic E-state index is 13.0. The highest BCUT2D eigenvalue weighted by atomic mass is 19.1. The fraction of sp³-hybridized carbons (Fsp3) is 0.402. The Morgan fingerprint density at radius 3 is 0.959 bits per heavy atom. The summed E-state index contributed by atoms with van der Waals surface area (Å²) in [5.74, 6) is 1.59. The van der Waals surface area contributed by atoms with Crippen LogP contribution < -0.4 is 9.47 Å². The van der Waals surface area contributed by atoms with Crippen LogP contribution in [0.15, 0.2) is 189 Å². The summed E-state index contributed by atoms with van der Waals surface area (Å²) in [4.78, 5) is 122. The molecule has 778 valence electrons. The molecule has 0 fully saturated rings. The van der Waals surface area contributed by atoms with Crippen LogP contribution in [-0.4, -0.2) is 188 Å². The van der Waals surface area contributed by atoms with Crippen molar-refractivity contribution in [2.75, 3.05) is 27.4 Å². The van der Waals surface area contributed by atoms with Crippen LogP contribution in [0.2, 0.25) is 0 Å². The molecule has 146 heavy (non-hydrogen) atoms. The average Bonchev–Trinajstić information content (AvgIpc) is 1.81. The summed E-state index contributed by atoms with van der Waals surface area (Å²) in [5, 5.41) is 91.7. The van der Waals surface area contributed by atoms with Crippen molar-refractivity contribution in [1.82, 2.24) is 68.1 Å². The normalized spacial score (nSPS) is 11.3. The van der Waals surface area contributed by atoms with Gasteiger partial charge in [0.15, 0.2) is 17.3 Å². The second-order valence-electron chi connectivity index (χ2n) is 37.3. The van der Waals surface area contributed by atoms with Crippen molar-refractivity contribution in [3.63, 3.8) is 0 Å². The van der Waals surface area contributed by atoms with E-state index in [2.05, 4.69) is 105 Å². The predicted octanol–water partition coefficient (Wildman–Crippen LogP) is 17.9. The summed E-state index contributed by atoms with van der Waals surface area (Å²) < 4.78 is 32.1. The Morgan fingerprint density at radius 2 is 0.630 bits per heavy atom. The number of carbonyl (C=O) groups excluding carboxylic acids is 1. The van der Waals surface area contributed by atoms with Crippen LogP contribution in [0.1, 0.15) is 281 Å². The van der Waals surface area contributed by atoms with Crippen molar-refractivity contribution in [2.45, 2.75) is 238 Å². The molecule has 0 bridgehead atoms. The number of Topliss-reactive ketones (excluding diaryl/α,β-unsaturated/α-hetero) is 1. The molecular formula is C112H139FN14O19. The van der Waals surface area contributed by atoms with Crippen molar-refractivity contribution in [3.05, 3.63) is 342 Å². The fourth-order valence-corrected chi connectivity index (χ4v) is 16.7. The Kier molecular flexibility index (Phi) is 48.0. The van der Waals surface area contributed by atoms with E-state index in [1.807, 2.05) is 98.1 Å². The zero-order chi connectivity index (χ0) is 106. The largest absolute Gasteiger partial charge is 0.493 e. The number of carbonyl (C=O) groups is 7. The van der Waals surface area contributed by atoms with Crippen LogP contribution in [0.25, 0.3) is 0 Å². The van der Waals surface area contributed by atoms with Crippen molar-refractivity contribution >= 4 is 41.6 Å². The summed E-state index contributed by atoms with van der Waals surface area (Å²) in [5.41, 5.74) is 13.5. The van der Waals surface area contributed by atoms with Crippen LogP contribution in [-0.2, 0) is 110 Å². The molecule has 3 aromatic carbocycles. The standard InChI is InChI=1S/C23H27N3O4.C22H23N3O3.C20H20FN3O3.C17H23N3O2.C15H23NO4.C15H23NO3/c1-16-13-18(23(27)28)15-19(25-16)5-4-6-22-24-10-12-26(22)11-9-17-7-8-20(29-2)21(14-17)30-3;1-15-12-19(22(27)28)13-20(24-15)4-3-5-21-23-10-11-25(21)14-17-6-8-18(9-7-17)16(2)26;21-16-6-4-14(5-7-16)12-24-9-8-22-19(24)3-1-2-17-10-15(20(26)27)11-18(13-25)23-17;1-12(2)11-20-8-7-18-16(20)6-4-5-15-10-14(17(21)22)9-13(3)19-15;1-10(2)5-11(8-17)3-4-13-6-12(15(19)20)7-14(9-18)16-13;1-10(2)6-12(9-17)4-5-14-8-13(15(18)19)7-11(3)16-14/h7-8,10,12-15H,4-6,9,11H2,1-3H3,(H,27,28);6-13H,3-5,14H2,1-2H3,(H,27,28);4-11,25H,1-3,12-13H2,(H,26,27);7-10,12H,4-6,11H2,1-3H3,(H,21,22);6-7,10-11,17-18H,3-5,8-9H2,1-2H3,(H,19,20);7-8,10,12,17H,4-6,9H2,1-3H3,(H,18,19)/t;;;;11-;12-/m....00/s1. The summed E-state index contributed by atoms with van der Waals surface area (Å²) in [6, 6.07) is 38.7. The number of benzene rings is 3. The van der Waals surface area contributed by atoms with Gasteiger partial charge in [0.2, 0.25) is 0 Å². The zero-order valence-corrected chi connectivity index (χ0v) is 85.7. The second kappa shape index (κ2) is 60.1. The third-order valence-electron chi connectivity index (χ3n) is 23.6. The van der Waals surface area contributed by atoms with Gasteiger partial charge in [0.25, 0.3) is 0 Å². The Bertz CT molecular complexity index is 6370. The molecule has 10 heterocycles. The Hall–Kier alpha value is -14.7. The topological polar surface area (TPSA) is 489 Å². The number of carboxylic acids is 6. The molecule has 33 nitrogen and oxygen atoms in total. The molecule has 13 rings (SSSR count). The van der Waals surface area contributed by atoms with Gasteiger partial charge in [-0.05, 0) is 274 Å². The maximum atomic E-state index is 13.0. The zero-order valence-electron chi connectivity index (χ0n) is 85.7. The van der Waals surface area contributed by atoms with Crippen LogP contribution in [0.5, 0.6) is 11.5 Å². The van der Waals surface area contributed by atoms with E-state index >= 15 is 0 Å². The van der Waals surface area contributed by atoms with E-state index in [9.17, 15) is 63.5 Å². The first kappa shape index (κ1) is 117. The molecule has 13 aromatic rings. The van der Waals surface area contributed by atoms with Gasteiger partial charge in [0, 0.05) is 177 Å². The van der Waals surface area contributed by atoms with E-state index < -0.39 is 35.8 Å². The van der Waals surface area contributed by atoms with E-state index in [0.717, 1.165) is 188 Å². The number of nitrogens with zero attached hydrogens (tertiary/aromatic N) is 14. The first-order chi connectivity index (χ1) is 69.8. The summed E-state index contributed by atoms with van der Waals surface area (Å²) in [7, 11) is 3.27. The number of aryl methyl sites for hydroxylation is 16. The lowest BCUT2D eigenvalue weighted by Gasteiger charge is -2.16. The van der Waals surface area contributed by atoms with Gasteiger partial charge in [-0.3, -0.25) is 34.7 Å². The third-order valence-corrected chi connectivity index (χ3v) is 23.6. The lowest BCUT2D eigenvalue weighted by Crippen LogP contribution is -2.12. The number of pyridine rings is 6. The molecule has 10 N–H and O–H groups in total. The van der Waals surface area contributed by atoms with E-state index in [0.29, 0.717) is 109 Å². The Balaban J connectivity index is 0.000000215. The molecule has 0 unspecified atom stereocenters. The maximum Gasteiger partial charge on any atom is 0.335 e. The number of hydrogen-bond donors (Lipinski definition) is 10. The molecule has 2 atom stereocenters. The van der Waals surface area contributed by atoms with Gasteiger partial charge in [-0.2, -0.15) is 0 Å². The van der Waals surface area contributed by atoms with Crippen molar-refractivity contribution in [2.24, 2.45) is 29.6 Å². The van der Waals surface area contributed by atoms with E-state index in [1.165, 1.54) is 36.4 Å². The van der Waals surface area contributed by atoms with Gasteiger partial charge in [0.1, 0.15) is 29.1 Å². The Morgan fingerprint density at radius 1 is 0.329 bits per heavy atom. The number of aromatic nitrogens is 14. The number of halogens is 1. The quantitative estimate of drug-likeness (QED) is 0.0158. The fourth-order valence-electron chi connectivity index (χ4n) is 16.7. The van der Waals surface area contributed by atoms with Gasteiger partial charge in [-0.1, -0.05) is 84.0 Å². The first-order valence-corrected chi connectivity index (χ1v) is 49.1. The van der Waals surface area contributed by atoms with Crippen molar-refractivity contribution in [3.8, 4) is 11.5 Å². The Labute approximate surface area is 851 Å². The molecular weight excluding hydrogens is 1860 g/mol. The molecule has 34 heteroatoms. The first-order valence-electron chi connectivity index (χ1n) is 49.1. The van der Waals surface area contributed by atoms with Crippen molar-refractivity contribution < 1.29 is 98.5 Å². The number of methoxy groups -OCH3 is 2. The van der Waals surface area contributed by atoms with Crippen LogP contribution in [0.3, 0.4) is 0 Å². The minimum absolute atomic E-state index is 0.0608. The molecule has 0 saturated carbocycles. The van der Waals surface area contributed by atoms with Crippen LogP contribution in [0, 0.1) is 63.1 Å². The minimum Gasteiger partial charge on any atom is -0.493 e. The molecule has 0 spiro atoms. The number of aromatic carboxylic acids is 6. The lowest BCUT2D eigenvalue weighted by atomic mass is 9.93. The third kappa shape index (κ3) is 40.5. The summed E-state index contributed by atoms with van der Waals surface area (Å²) in [6.07, 6.45) is 29.9. The molecule has 0 aliphatic rings. The van der Waals surface area contributed by atoms with Crippen LogP contribution in [0.4, 0.5) is 4.39 Å². The molecule has 10 aromatic heterocycles. The van der Waals surface area contributed by atoms with Crippen LogP contribution >= 0.6 is 0 Å². The number of aliphatic hydroxyl groups is 4. The van der Waals surface area contributed by atoms with Gasteiger partial charge in [0.05, 0.1) is 72.2 Å². The van der Waals surface area contributed by atoms with E-state index in [1.54, 1.807) is 108 Å². The lowest BCUT2D eigenvalue weighted by molar-refractivity contribution is 0.0685. The minimum atomic E-state index is -1.04. The van der Waals surface area contributed by atoms with E-state index in [-0.39, 0.29) is 77.7 Å². The van der Waals surface area contributed by atoms with Gasteiger partial charge < -0.3 is 78.8 Å². The molecule has 0 aliphatic heterocycles. The molecule has 0 radical (unpaired) electrons. The number of ketones is 1. The summed E-state index contributed by atoms with van der Waals surface area (Å²) in [6.45, 7) is 24.5. The number of hydrogen-bond acceptors (Lipinski definition) is 23. The SMILES string of the molecule is CC(=O)c1ccc(Cn2ccnc2CCCc2cc(C(=O)O)cc(C)n2)cc1.CC(C)C[C@@H](CO)CCc1cc(C(=O)O)cc(CO)n1.COc1ccc(CCn2ccnc2CCCc2cc(C(=O)O)cc(C)n2)cc1OC.Cc1cc(C(=O)O)cc(CCCc2nccn2CC(C)C)n1.Cc1cc(C(=O)O)cc(CC[C@H](CO)CC(C)C)n1.O=C(O)c1cc(CO)nc(CCCc2nccn2Cc2ccc(F)cc2)c1. The predicted molar refractivity (Wildman–Crippen MR) is 551 cm³/mol. The smallest absolute Gasteiger partial charge is 0.335 e. The number of aliphatic hydroxyl groups excluding tert-OH is 4. The number of imidazole rings is 4. The number of ether oxygens (including phenoxy) is 2. The van der Waals surface area contributed by atoms with Gasteiger partial charge in [-0.25, -0.2) is 53.1 Å². The highest BCUT2D eigenvalue weighted by Gasteiger charge is 2.20. The number of rotatable bonds is 48.